The van der Waals surface area contributed by atoms with Gasteiger partial charge in [-0.05, 0) is 34.1 Å². The summed E-state index contributed by atoms with van der Waals surface area (Å²) in [5, 5.41) is 0. The molecular formula is C14H26O5. The lowest BCUT2D eigenvalue weighted by Gasteiger charge is -2.24. The van der Waals surface area contributed by atoms with Crippen LogP contribution in [0.4, 0.5) is 0 Å². The minimum absolute atomic E-state index is 0.217. The highest BCUT2D eigenvalue weighted by Crippen LogP contribution is 2.19. The predicted molar refractivity (Wildman–Crippen MR) is 71.7 cm³/mol. The Morgan fingerprint density at radius 3 is 1.79 bits per heavy atom. The van der Waals surface area contributed by atoms with Gasteiger partial charge in [0.05, 0.1) is 18.1 Å². The highest BCUT2D eigenvalue weighted by molar-refractivity contribution is 5.84. The van der Waals surface area contributed by atoms with Gasteiger partial charge in [-0.15, -0.1) is 0 Å². The Bertz CT molecular complexity index is 286. The lowest BCUT2D eigenvalue weighted by atomic mass is 9.97. The van der Waals surface area contributed by atoms with Crippen LogP contribution in [0.15, 0.2) is 0 Å². The van der Waals surface area contributed by atoms with Crippen LogP contribution in [-0.4, -0.2) is 37.4 Å². The van der Waals surface area contributed by atoms with Crippen LogP contribution in [0.1, 0.15) is 47.5 Å². The minimum atomic E-state index is -0.909. The summed E-state index contributed by atoms with van der Waals surface area (Å²) in [5.41, 5.74) is 0. The normalized spacial score (nSPS) is 14.3. The van der Waals surface area contributed by atoms with Crippen molar-refractivity contribution in [2.75, 3.05) is 7.11 Å². The van der Waals surface area contributed by atoms with E-state index in [1.165, 1.54) is 7.11 Å². The van der Waals surface area contributed by atoms with Gasteiger partial charge in [0, 0.05) is 7.11 Å². The van der Waals surface area contributed by atoms with Crippen molar-refractivity contribution in [1.82, 2.24) is 0 Å². The summed E-state index contributed by atoms with van der Waals surface area (Å²) in [5.74, 6) is -1.55. The maximum absolute atomic E-state index is 12.0. The minimum Gasteiger partial charge on any atom is -0.463 e. The molecule has 0 radical (unpaired) electrons. The molecule has 2 unspecified atom stereocenters. The van der Waals surface area contributed by atoms with E-state index < -0.39 is 24.0 Å². The Labute approximate surface area is 115 Å². The molecule has 0 saturated heterocycles. The second kappa shape index (κ2) is 8.91. The molecule has 0 aliphatic heterocycles. The summed E-state index contributed by atoms with van der Waals surface area (Å²) in [7, 11) is 1.40. The quantitative estimate of drug-likeness (QED) is 0.636. The summed E-state index contributed by atoms with van der Waals surface area (Å²) in [6.07, 6.45) is -0.0863. The van der Waals surface area contributed by atoms with E-state index in [0.717, 1.165) is 6.42 Å². The Hall–Kier alpha value is -1.10. The first-order valence-corrected chi connectivity index (χ1v) is 6.77. The van der Waals surface area contributed by atoms with Crippen LogP contribution >= 0.6 is 0 Å². The largest absolute Gasteiger partial charge is 0.463 e. The molecule has 5 nitrogen and oxygen atoms in total. The van der Waals surface area contributed by atoms with Gasteiger partial charge in [0.15, 0.2) is 6.10 Å². The monoisotopic (exact) mass is 274 g/mol. The number of carbonyl (C=O) groups excluding carboxylic acids is 2. The molecular weight excluding hydrogens is 248 g/mol. The zero-order valence-electron chi connectivity index (χ0n) is 12.8. The zero-order valence-corrected chi connectivity index (χ0v) is 12.8. The van der Waals surface area contributed by atoms with E-state index in [9.17, 15) is 9.59 Å². The number of carbonyl (C=O) groups is 2. The number of methoxy groups -OCH3 is 1. The van der Waals surface area contributed by atoms with Crippen LogP contribution in [0.5, 0.6) is 0 Å². The third-order valence-electron chi connectivity index (χ3n) is 2.46. The fourth-order valence-corrected chi connectivity index (χ4v) is 1.75. The lowest BCUT2D eigenvalue weighted by molar-refractivity contribution is -0.173. The molecule has 0 rings (SSSR count). The molecule has 0 bridgehead atoms. The van der Waals surface area contributed by atoms with Crippen molar-refractivity contribution in [1.29, 1.82) is 0 Å². The molecule has 0 spiro atoms. The second-order valence-electron chi connectivity index (χ2n) is 5.02. The third kappa shape index (κ3) is 6.57. The van der Waals surface area contributed by atoms with Gasteiger partial charge < -0.3 is 14.2 Å². The number of rotatable bonds is 8. The molecule has 0 saturated carbocycles. The van der Waals surface area contributed by atoms with E-state index >= 15 is 0 Å². The third-order valence-corrected chi connectivity index (χ3v) is 2.46. The highest BCUT2D eigenvalue weighted by atomic mass is 16.6. The van der Waals surface area contributed by atoms with Gasteiger partial charge >= 0.3 is 11.9 Å². The topological polar surface area (TPSA) is 61.8 Å². The molecule has 112 valence electrons. The first kappa shape index (κ1) is 17.9. The summed E-state index contributed by atoms with van der Waals surface area (Å²) < 4.78 is 15.4. The van der Waals surface area contributed by atoms with E-state index in [1.807, 2.05) is 6.92 Å². The van der Waals surface area contributed by atoms with Gasteiger partial charge in [0.25, 0.3) is 0 Å². The summed E-state index contributed by atoms with van der Waals surface area (Å²) >= 11 is 0. The van der Waals surface area contributed by atoms with E-state index in [1.54, 1.807) is 27.7 Å². The predicted octanol–water partition coefficient (Wildman–Crippen LogP) is 2.32. The van der Waals surface area contributed by atoms with Crippen LogP contribution in [0.2, 0.25) is 0 Å². The molecule has 0 aromatic carbocycles. The summed E-state index contributed by atoms with van der Waals surface area (Å²) in [6.45, 7) is 9.00. The molecule has 0 fully saturated rings. The standard InChI is InChI=1S/C14H26O5/c1-7-8-11(13(15)18-9(2)3)12(17-6)14(16)19-10(4)5/h9-12H,7-8H2,1-6H3. The molecule has 0 N–H and O–H groups in total. The van der Waals surface area contributed by atoms with Gasteiger partial charge in [-0.1, -0.05) is 13.3 Å². The SMILES string of the molecule is CCCC(C(=O)OC(C)C)C(OC)C(=O)OC(C)C. The smallest absolute Gasteiger partial charge is 0.336 e. The van der Waals surface area contributed by atoms with Gasteiger partial charge in [0.1, 0.15) is 0 Å². The first-order chi connectivity index (χ1) is 8.83. The molecule has 0 aliphatic rings. The van der Waals surface area contributed by atoms with Crippen molar-refractivity contribution in [3.63, 3.8) is 0 Å². The van der Waals surface area contributed by atoms with Crippen molar-refractivity contribution >= 4 is 11.9 Å². The van der Waals surface area contributed by atoms with Crippen LogP contribution in [0.25, 0.3) is 0 Å². The maximum atomic E-state index is 12.0. The van der Waals surface area contributed by atoms with Gasteiger partial charge in [-0.25, -0.2) is 4.79 Å². The molecule has 19 heavy (non-hydrogen) atoms. The van der Waals surface area contributed by atoms with Crippen LogP contribution in [-0.2, 0) is 23.8 Å². The van der Waals surface area contributed by atoms with Gasteiger partial charge in [-0.3, -0.25) is 4.79 Å². The number of hydrogen-bond donors (Lipinski definition) is 0. The number of ether oxygens (including phenoxy) is 3. The van der Waals surface area contributed by atoms with E-state index in [4.69, 9.17) is 14.2 Å². The fourth-order valence-electron chi connectivity index (χ4n) is 1.75. The number of hydrogen-bond acceptors (Lipinski definition) is 5. The average molecular weight is 274 g/mol. The summed E-state index contributed by atoms with van der Waals surface area (Å²) in [6, 6.07) is 0. The van der Waals surface area contributed by atoms with E-state index in [2.05, 4.69) is 0 Å². The first-order valence-electron chi connectivity index (χ1n) is 6.77. The molecule has 0 heterocycles. The molecule has 0 aliphatic carbocycles. The maximum Gasteiger partial charge on any atom is 0.336 e. The van der Waals surface area contributed by atoms with Crippen LogP contribution in [0.3, 0.4) is 0 Å². The van der Waals surface area contributed by atoms with Crippen LogP contribution in [0, 0.1) is 5.92 Å². The second-order valence-corrected chi connectivity index (χ2v) is 5.02. The Morgan fingerprint density at radius 2 is 1.42 bits per heavy atom. The lowest BCUT2D eigenvalue weighted by Crippen LogP contribution is -2.40. The van der Waals surface area contributed by atoms with Crippen LogP contribution < -0.4 is 0 Å². The highest BCUT2D eigenvalue weighted by Gasteiger charge is 2.36. The zero-order chi connectivity index (χ0) is 15.0. The Morgan fingerprint density at radius 1 is 0.947 bits per heavy atom. The molecule has 0 amide bonds. The molecule has 5 heteroatoms. The van der Waals surface area contributed by atoms with Gasteiger partial charge in [-0.2, -0.15) is 0 Å². The van der Waals surface area contributed by atoms with Crippen molar-refractivity contribution in [2.45, 2.75) is 65.8 Å². The van der Waals surface area contributed by atoms with Crippen molar-refractivity contribution in [3.8, 4) is 0 Å². The van der Waals surface area contributed by atoms with Crippen molar-refractivity contribution < 1.29 is 23.8 Å². The van der Waals surface area contributed by atoms with Crippen molar-refractivity contribution in [3.05, 3.63) is 0 Å². The van der Waals surface area contributed by atoms with E-state index in [0.29, 0.717) is 6.42 Å². The molecule has 0 aromatic rings. The fraction of sp³-hybridized carbons (Fsp3) is 0.857. The molecule has 0 aromatic heterocycles. The average Bonchev–Trinajstić information content (AvgIpc) is 2.26. The Balaban J connectivity index is 4.88. The van der Waals surface area contributed by atoms with E-state index in [-0.39, 0.29) is 12.2 Å². The molecule has 2 atom stereocenters. The number of esters is 2. The Kier molecular flexibility index (Phi) is 8.39. The van der Waals surface area contributed by atoms with Crippen molar-refractivity contribution in [2.24, 2.45) is 5.92 Å². The summed E-state index contributed by atoms with van der Waals surface area (Å²) in [4.78, 5) is 24.0. The van der Waals surface area contributed by atoms with Gasteiger partial charge in [0.2, 0.25) is 0 Å².